The van der Waals surface area contributed by atoms with Gasteiger partial charge in [0, 0.05) is 42.3 Å². The van der Waals surface area contributed by atoms with E-state index in [9.17, 15) is 9.59 Å². The summed E-state index contributed by atoms with van der Waals surface area (Å²) in [7, 11) is 0. The Morgan fingerprint density at radius 1 is 1.33 bits per heavy atom. The molecule has 1 fully saturated rings. The predicted molar refractivity (Wildman–Crippen MR) is 98.7 cm³/mol. The second-order valence-corrected chi connectivity index (χ2v) is 7.16. The predicted octanol–water partition coefficient (Wildman–Crippen LogP) is 2.55. The molecular formula is C17H25BrN4O2. The van der Waals surface area contributed by atoms with Gasteiger partial charge in [0.15, 0.2) is 0 Å². The van der Waals surface area contributed by atoms with E-state index in [1.54, 1.807) is 12.1 Å². The van der Waals surface area contributed by atoms with Crippen molar-refractivity contribution < 1.29 is 9.59 Å². The number of piperidine rings is 1. The zero-order valence-electron chi connectivity index (χ0n) is 13.9. The van der Waals surface area contributed by atoms with Gasteiger partial charge in [-0.1, -0.05) is 22.9 Å². The fraction of sp³-hybridized carbons (Fsp3) is 0.529. The number of carbonyl (C=O) groups is 2. The number of nitrogens with two attached hydrogens (primary N) is 1. The Morgan fingerprint density at radius 3 is 2.71 bits per heavy atom. The number of benzene rings is 1. The van der Waals surface area contributed by atoms with E-state index in [4.69, 9.17) is 5.73 Å². The molecule has 2 unspecified atom stereocenters. The number of carbonyl (C=O) groups excluding carboxylic acids is 2. The molecule has 0 radical (unpaired) electrons. The Kier molecular flexibility index (Phi) is 7.05. The SMILES string of the molecule is CC1CCN(C(=O)CCNC(=O)Nc2ccc(Br)cc2)C(CN)C1. The number of likely N-dealkylation sites (tertiary alicyclic amines) is 1. The number of rotatable bonds is 5. The summed E-state index contributed by atoms with van der Waals surface area (Å²) in [5.41, 5.74) is 6.49. The molecule has 0 bridgehead atoms. The Balaban J connectivity index is 1.73. The first-order valence-electron chi connectivity index (χ1n) is 8.29. The Labute approximate surface area is 151 Å². The molecule has 2 rings (SSSR count). The van der Waals surface area contributed by atoms with Gasteiger partial charge in [0.05, 0.1) is 0 Å². The fourth-order valence-electron chi connectivity index (χ4n) is 2.94. The van der Waals surface area contributed by atoms with Gasteiger partial charge in [-0.3, -0.25) is 4.79 Å². The van der Waals surface area contributed by atoms with E-state index in [1.165, 1.54) is 0 Å². The quantitative estimate of drug-likeness (QED) is 0.714. The van der Waals surface area contributed by atoms with E-state index in [2.05, 4.69) is 33.5 Å². The van der Waals surface area contributed by atoms with E-state index < -0.39 is 0 Å². The van der Waals surface area contributed by atoms with Crippen molar-refractivity contribution in [1.29, 1.82) is 0 Å². The minimum absolute atomic E-state index is 0.0568. The molecule has 0 spiro atoms. The Hall–Kier alpha value is -1.60. The van der Waals surface area contributed by atoms with Crippen molar-refractivity contribution in [2.45, 2.75) is 32.2 Å². The van der Waals surface area contributed by atoms with Gasteiger partial charge in [0.25, 0.3) is 0 Å². The molecule has 0 aromatic heterocycles. The zero-order chi connectivity index (χ0) is 17.5. The van der Waals surface area contributed by atoms with Crippen LogP contribution in [0.4, 0.5) is 10.5 Å². The molecular weight excluding hydrogens is 372 g/mol. The molecule has 1 aliphatic heterocycles. The number of amides is 3. The number of halogens is 1. The smallest absolute Gasteiger partial charge is 0.319 e. The standard InChI is InChI=1S/C17H25BrN4O2/c1-12-7-9-22(15(10-12)11-19)16(23)6-8-20-17(24)21-14-4-2-13(18)3-5-14/h2-5,12,15H,6-11,19H2,1H3,(H2,20,21,24). The molecule has 1 heterocycles. The lowest BCUT2D eigenvalue weighted by molar-refractivity contribution is -0.135. The summed E-state index contributed by atoms with van der Waals surface area (Å²) in [6, 6.07) is 7.11. The molecule has 1 aliphatic rings. The Morgan fingerprint density at radius 2 is 2.04 bits per heavy atom. The van der Waals surface area contributed by atoms with Crippen LogP contribution in [0.5, 0.6) is 0 Å². The summed E-state index contributed by atoms with van der Waals surface area (Å²) in [6.45, 7) is 3.75. The number of urea groups is 1. The maximum absolute atomic E-state index is 12.3. The monoisotopic (exact) mass is 396 g/mol. The van der Waals surface area contributed by atoms with Crippen molar-refractivity contribution in [3.05, 3.63) is 28.7 Å². The third-order valence-electron chi connectivity index (χ3n) is 4.30. The summed E-state index contributed by atoms with van der Waals surface area (Å²) in [5.74, 6) is 0.665. The molecule has 1 aromatic rings. The molecule has 1 saturated heterocycles. The van der Waals surface area contributed by atoms with Crippen LogP contribution in [0, 0.1) is 5.92 Å². The lowest BCUT2D eigenvalue weighted by Crippen LogP contribution is -2.49. The van der Waals surface area contributed by atoms with Crippen LogP contribution in [-0.2, 0) is 4.79 Å². The van der Waals surface area contributed by atoms with Crippen LogP contribution < -0.4 is 16.4 Å². The third kappa shape index (κ3) is 5.49. The van der Waals surface area contributed by atoms with Gasteiger partial charge in [-0.25, -0.2) is 4.79 Å². The normalized spacial score (nSPS) is 20.5. The summed E-state index contributed by atoms with van der Waals surface area (Å²) in [4.78, 5) is 26.1. The molecule has 132 valence electrons. The minimum atomic E-state index is -0.312. The summed E-state index contributed by atoms with van der Waals surface area (Å²) < 4.78 is 0.948. The van der Waals surface area contributed by atoms with Crippen molar-refractivity contribution in [1.82, 2.24) is 10.2 Å². The number of hydrogen-bond donors (Lipinski definition) is 3. The van der Waals surface area contributed by atoms with Gasteiger partial charge in [-0.15, -0.1) is 0 Å². The van der Waals surface area contributed by atoms with Crippen LogP contribution in [0.25, 0.3) is 0 Å². The van der Waals surface area contributed by atoms with Crippen LogP contribution in [0.2, 0.25) is 0 Å². The van der Waals surface area contributed by atoms with Crippen molar-refractivity contribution in [2.75, 3.05) is 25.0 Å². The molecule has 3 amide bonds. The number of nitrogens with one attached hydrogen (secondary N) is 2. The highest BCUT2D eigenvalue weighted by Gasteiger charge is 2.28. The highest BCUT2D eigenvalue weighted by molar-refractivity contribution is 9.10. The highest BCUT2D eigenvalue weighted by atomic mass is 79.9. The summed E-state index contributed by atoms with van der Waals surface area (Å²) >= 11 is 3.34. The largest absolute Gasteiger partial charge is 0.338 e. The molecule has 24 heavy (non-hydrogen) atoms. The molecule has 6 nitrogen and oxygen atoms in total. The lowest BCUT2D eigenvalue weighted by atomic mass is 9.92. The molecule has 7 heteroatoms. The topological polar surface area (TPSA) is 87.5 Å². The molecule has 0 aliphatic carbocycles. The fourth-order valence-corrected chi connectivity index (χ4v) is 3.20. The van der Waals surface area contributed by atoms with Crippen LogP contribution in [-0.4, -0.2) is 42.5 Å². The first-order chi connectivity index (χ1) is 11.5. The van der Waals surface area contributed by atoms with Crippen LogP contribution in [0.3, 0.4) is 0 Å². The number of nitrogens with zero attached hydrogens (tertiary/aromatic N) is 1. The second kappa shape index (κ2) is 9.03. The van der Waals surface area contributed by atoms with E-state index >= 15 is 0 Å². The molecule has 0 saturated carbocycles. The average Bonchev–Trinajstić information content (AvgIpc) is 2.56. The molecule has 2 atom stereocenters. The van der Waals surface area contributed by atoms with Gasteiger partial charge >= 0.3 is 6.03 Å². The van der Waals surface area contributed by atoms with Crippen molar-refractivity contribution in [3.8, 4) is 0 Å². The van der Waals surface area contributed by atoms with Gasteiger partial charge in [0.1, 0.15) is 0 Å². The summed E-state index contributed by atoms with van der Waals surface area (Å²) in [5, 5.41) is 5.45. The van der Waals surface area contributed by atoms with Gasteiger partial charge < -0.3 is 21.3 Å². The first kappa shape index (κ1) is 18.7. The van der Waals surface area contributed by atoms with Gasteiger partial charge in [-0.05, 0) is 43.0 Å². The number of hydrogen-bond acceptors (Lipinski definition) is 3. The maximum Gasteiger partial charge on any atom is 0.319 e. The van der Waals surface area contributed by atoms with Crippen LogP contribution >= 0.6 is 15.9 Å². The van der Waals surface area contributed by atoms with Gasteiger partial charge in [-0.2, -0.15) is 0 Å². The van der Waals surface area contributed by atoms with E-state index in [-0.39, 0.29) is 18.0 Å². The van der Waals surface area contributed by atoms with E-state index in [0.29, 0.717) is 31.1 Å². The summed E-state index contributed by atoms with van der Waals surface area (Å²) in [6.07, 6.45) is 2.26. The Bertz CT molecular complexity index is 564. The third-order valence-corrected chi connectivity index (χ3v) is 4.83. The molecule has 4 N–H and O–H groups in total. The molecule has 1 aromatic carbocycles. The van der Waals surface area contributed by atoms with E-state index in [1.807, 2.05) is 17.0 Å². The van der Waals surface area contributed by atoms with Gasteiger partial charge in [0.2, 0.25) is 5.91 Å². The van der Waals surface area contributed by atoms with Crippen LogP contribution in [0.15, 0.2) is 28.7 Å². The van der Waals surface area contributed by atoms with Crippen molar-refractivity contribution >= 4 is 33.6 Å². The van der Waals surface area contributed by atoms with E-state index in [0.717, 1.165) is 23.9 Å². The minimum Gasteiger partial charge on any atom is -0.338 e. The van der Waals surface area contributed by atoms with Crippen molar-refractivity contribution in [3.63, 3.8) is 0 Å². The first-order valence-corrected chi connectivity index (χ1v) is 9.09. The maximum atomic E-state index is 12.3. The highest BCUT2D eigenvalue weighted by Crippen LogP contribution is 2.22. The van der Waals surface area contributed by atoms with Crippen LogP contribution in [0.1, 0.15) is 26.2 Å². The number of anilines is 1. The average molecular weight is 397 g/mol. The zero-order valence-corrected chi connectivity index (χ0v) is 15.5. The van der Waals surface area contributed by atoms with Crippen molar-refractivity contribution in [2.24, 2.45) is 11.7 Å². The lowest BCUT2D eigenvalue weighted by Gasteiger charge is -2.38. The second-order valence-electron chi connectivity index (χ2n) is 6.24.